The largest absolute Gasteiger partial charge is 0.388 e. The summed E-state index contributed by atoms with van der Waals surface area (Å²) in [4.78, 5) is 0. The smallest absolute Gasteiger partial charge is 0.186 e. The van der Waals surface area contributed by atoms with Gasteiger partial charge in [0.2, 0.25) is 0 Å². The van der Waals surface area contributed by atoms with Crippen molar-refractivity contribution in [3.05, 3.63) is 0 Å². The van der Waals surface area contributed by atoms with Crippen LogP contribution < -0.4 is 5.73 Å². The Hall–Kier alpha value is -0.200. The molecule has 5 heteroatoms. The Bertz CT molecular complexity index is 150. The zero-order valence-electron chi connectivity index (χ0n) is 7.18. The zero-order chi connectivity index (χ0) is 9.30. The lowest BCUT2D eigenvalue weighted by atomic mass is 9.98. The van der Waals surface area contributed by atoms with Crippen molar-refractivity contribution in [2.45, 2.75) is 37.6 Å². The first-order chi connectivity index (χ1) is 5.57. The Labute approximate surface area is 71.1 Å². The fraction of sp³-hybridized carbons (Fsp3) is 1.00. The highest BCUT2D eigenvalue weighted by Gasteiger charge is 2.40. The molecule has 12 heavy (non-hydrogen) atoms. The van der Waals surface area contributed by atoms with Crippen molar-refractivity contribution in [2.24, 2.45) is 5.73 Å². The topological polar surface area (TPSA) is 84.9 Å². The molecule has 0 spiro atoms. The second-order valence-corrected chi connectivity index (χ2v) is 3.00. The van der Waals surface area contributed by atoms with Gasteiger partial charge in [0.05, 0.1) is 12.1 Å². The monoisotopic (exact) mass is 177 g/mol. The lowest BCUT2D eigenvalue weighted by Gasteiger charge is -2.39. The van der Waals surface area contributed by atoms with Gasteiger partial charge in [0, 0.05) is 7.11 Å². The minimum atomic E-state index is -1.07. The molecule has 0 aromatic carbocycles. The van der Waals surface area contributed by atoms with Gasteiger partial charge in [0.1, 0.15) is 12.2 Å². The van der Waals surface area contributed by atoms with E-state index in [4.69, 9.17) is 15.2 Å². The van der Waals surface area contributed by atoms with E-state index in [0.29, 0.717) is 0 Å². The predicted molar refractivity (Wildman–Crippen MR) is 41.3 cm³/mol. The Morgan fingerprint density at radius 3 is 2.42 bits per heavy atom. The van der Waals surface area contributed by atoms with Crippen molar-refractivity contribution < 1.29 is 19.7 Å². The SMILES string of the molecule is CO[C@H]1O[C@H](C)[C@H](N)[C@@H](O)[C@@H]1O. The molecule has 1 heterocycles. The van der Waals surface area contributed by atoms with E-state index in [0.717, 1.165) is 0 Å². The van der Waals surface area contributed by atoms with E-state index in [1.165, 1.54) is 7.11 Å². The normalized spacial score (nSPS) is 49.2. The van der Waals surface area contributed by atoms with Crippen LogP contribution in [0.3, 0.4) is 0 Å². The molecule has 1 rings (SSSR count). The maximum Gasteiger partial charge on any atom is 0.186 e. The molecule has 72 valence electrons. The van der Waals surface area contributed by atoms with E-state index in [1.54, 1.807) is 6.92 Å². The molecule has 5 nitrogen and oxygen atoms in total. The molecule has 1 aliphatic heterocycles. The third-order valence-corrected chi connectivity index (χ3v) is 2.15. The molecule has 0 amide bonds. The van der Waals surface area contributed by atoms with E-state index >= 15 is 0 Å². The van der Waals surface area contributed by atoms with Crippen LogP contribution in [0.1, 0.15) is 6.92 Å². The number of hydrogen-bond acceptors (Lipinski definition) is 5. The number of rotatable bonds is 1. The molecule has 1 saturated heterocycles. The molecule has 0 aliphatic carbocycles. The van der Waals surface area contributed by atoms with E-state index in [2.05, 4.69) is 0 Å². The number of aliphatic hydroxyl groups excluding tert-OH is 2. The van der Waals surface area contributed by atoms with Gasteiger partial charge in [-0.3, -0.25) is 0 Å². The molecule has 5 atom stereocenters. The lowest BCUT2D eigenvalue weighted by molar-refractivity contribution is -0.260. The average Bonchev–Trinajstić information content (AvgIpc) is 2.08. The zero-order valence-corrected chi connectivity index (χ0v) is 7.18. The summed E-state index contributed by atoms with van der Waals surface area (Å²) >= 11 is 0. The number of methoxy groups -OCH3 is 1. The summed E-state index contributed by atoms with van der Waals surface area (Å²) in [5, 5.41) is 18.7. The van der Waals surface area contributed by atoms with Crippen LogP contribution >= 0.6 is 0 Å². The van der Waals surface area contributed by atoms with Gasteiger partial charge in [0.15, 0.2) is 6.29 Å². The van der Waals surface area contributed by atoms with Gasteiger partial charge in [-0.1, -0.05) is 0 Å². The Morgan fingerprint density at radius 1 is 1.33 bits per heavy atom. The molecule has 1 aliphatic rings. The number of hydrogen-bond donors (Lipinski definition) is 3. The molecule has 4 N–H and O–H groups in total. The van der Waals surface area contributed by atoms with Crippen LogP contribution in [-0.4, -0.2) is 48.0 Å². The molecule has 0 radical (unpaired) electrons. The number of aliphatic hydroxyl groups is 2. The Kier molecular flexibility index (Phi) is 3.03. The number of ether oxygens (including phenoxy) is 2. The summed E-state index contributed by atoms with van der Waals surface area (Å²) < 4.78 is 9.98. The van der Waals surface area contributed by atoms with Crippen molar-refractivity contribution in [3.8, 4) is 0 Å². The molecule has 0 aromatic rings. The van der Waals surface area contributed by atoms with Crippen LogP contribution in [0.4, 0.5) is 0 Å². The van der Waals surface area contributed by atoms with Crippen molar-refractivity contribution in [1.29, 1.82) is 0 Å². The predicted octanol–water partition coefficient (Wildman–Crippen LogP) is -1.57. The second kappa shape index (κ2) is 3.68. The molecule has 0 aromatic heterocycles. The van der Waals surface area contributed by atoms with Crippen molar-refractivity contribution in [1.82, 2.24) is 0 Å². The van der Waals surface area contributed by atoms with Crippen molar-refractivity contribution in [2.75, 3.05) is 7.11 Å². The van der Waals surface area contributed by atoms with Crippen molar-refractivity contribution in [3.63, 3.8) is 0 Å². The second-order valence-electron chi connectivity index (χ2n) is 3.00. The quantitative estimate of drug-likeness (QED) is 0.450. The van der Waals surface area contributed by atoms with Crippen LogP contribution in [0.5, 0.6) is 0 Å². The maximum absolute atomic E-state index is 9.38. The van der Waals surface area contributed by atoms with Crippen LogP contribution in [0.15, 0.2) is 0 Å². The number of nitrogens with two attached hydrogens (primary N) is 1. The van der Waals surface area contributed by atoms with Gasteiger partial charge in [-0.05, 0) is 6.92 Å². The highest BCUT2D eigenvalue weighted by molar-refractivity contribution is 4.89. The van der Waals surface area contributed by atoms with E-state index in [-0.39, 0.29) is 6.10 Å². The minimum absolute atomic E-state index is 0.312. The van der Waals surface area contributed by atoms with Gasteiger partial charge >= 0.3 is 0 Å². The minimum Gasteiger partial charge on any atom is -0.388 e. The lowest BCUT2D eigenvalue weighted by Crippen LogP contribution is -2.60. The molecule has 0 unspecified atom stereocenters. The first-order valence-electron chi connectivity index (χ1n) is 3.88. The fourth-order valence-corrected chi connectivity index (χ4v) is 1.24. The summed E-state index contributed by atoms with van der Waals surface area (Å²) in [5.41, 5.74) is 5.54. The van der Waals surface area contributed by atoms with Crippen LogP contribution in [-0.2, 0) is 9.47 Å². The molecule has 0 saturated carbocycles. The van der Waals surface area contributed by atoms with Gasteiger partial charge < -0.3 is 25.4 Å². The van der Waals surface area contributed by atoms with E-state index in [1.807, 2.05) is 0 Å². The fourth-order valence-electron chi connectivity index (χ4n) is 1.24. The standard InChI is InChI=1S/C7H15NO4/c1-3-4(8)5(9)6(10)7(11-2)12-3/h3-7,9-10H,8H2,1-2H3/t3-,4+,5-,6+,7+/m1/s1. The van der Waals surface area contributed by atoms with Crippen molar-refractivity contribution >= 4 is 0 Å². The summed E-state index contributed by atoms with van der Waals surface area (Å²) in [6.45, 7) is 1.73. The first-order valence-corrected chi connectivity index (χ1v) is 3.88. The van der Waals surface area contributed by atoms with Gasteiger partial charge in [-0.2, -0.15) is 0 Å². The van der Waals surface area contributed by atoms with Gasteiger partial charge in [0.25, 0.3) is 0 Å². The summed E-state index contributed by atoms with van der Waals surface area (Å²) in [5.74, 6) is 0. The first kappa shape index (κ1) is 9.88. The highest BCUT2D eigenvalue weighted by Crippen LogP contribution is 2.19. The Morgan fingerprint density at radius 2 is 1.92 bits per heavy atom. The summed E-state index contributed by atoms with van der Waals surface area (Å²) in [6.07, 6.45) is -3.15. The third kappa shape index (κ3) is 1.60. The maximum atomic E-state index is 9.38. The molecular weight excluding hydrogens is 162 g/mol. The molecule has 1 fully saturated rings. The van der Waals surface area contributed by atoms with Crippen LogP contribution in [0, 0.1) is 0 Å². The summed E-state index contributed by atoms with van der Waals surface area (Å²) in [6, 6.07) is -0.564. The third-order valence-electron chi connectivity index (χ3n) is 2.15. The van der Waals surface area contributed by atoms with E-state index < -0.39 is 24.5 Å². The van der Waals surface area contributed by atoms with Crippen LogP contribution in [0.2, 0.25) is 0 Å². The molecular formula is C7H15NO4. The highest BCUT2D eigenvalue weighted by atomic mass is 16.7. The average molecular weight is 177 g/mol. The van der Waals surface area contributed by atoms with Gasteiger partial charge in [-0.15, -0.1) is 0 Å². The van der Waals surface area contributed by atoms with Gasteiger partial charge in [-0.25, -0.2) is 0 Å². The molecule has 0 bridgehead atoms. The summed E-state index contributed by atoms with van der Waals surface area (Å²) in [7, 11) is 1.41. The van der Waals surface area contributed by atoms with E-state index in [9.17, 15) is 10.2 Å². The van der Waals surface area contributed by atoms with Crippen LogP contribution in [0.25, 0.3) is 0 Å². The Balaban J connectivity index is 2.63.